The van der Waals surface area contributed by atoms with Crippen molar-refractivity contribution >= 4 is 21.7 Å². The summed E-state index contributed by atoms with van der Waals surface area (Å²) in [5, 5.41) is 3.37. The molecule has 2 aromatic carbocycles. The van der Waals surface area contributed by atoms with Crippen molar-refractivity contribution in [2.75, 3.05) is 18.4 Å². The average Bonchev–Trinajstić information content (AvgIpc) is 3.16. The van der Waals surface area contributed by atoms with E-state index in [1.54, 1.807) is 42.5 Å². The van der Waals surface area contributed by atoms with E-state index in [1.807, 2.05) is 13.0 Å². The molecule has 3 rings (SSSR count). The highest BCUT2D eigenvalue weighted by atomic mass is 32.2. The van der Waals surface area contributed by atoms with Gasteiger partial charge in [-0.3, -0.25) is 4.72 Å². The summed E-state index contributed by atoms with van der Waals surface area (Å²) in [5.74, 6) is -0.335. The van der Waals surface area contributed by atoms with Gasteiger partial charge < -0.3 is 10.1 Å². The van der Waals surface area contributed by atoms with Gasteiger partial charge in [-0.05, 0) is 61.7 Å². The molecule has 0 radical (unpaired) electrons. The lowest BCUT2D eigenvalue weighted by Crippen LogP contribution is -2.21. The Hall–Kier alpha value is -2.64. The number of carbonyl (C=O) groups is 1. The van der Waals surface area contributed by atoms with Crippen molar-refractivity contribution < 1.29 is 17.9 Å². The molecular formula is C21H24N2O4S. The first-order valence-electron chi connectivity index (χ1n) is 9.03. The molecule has 6 nitrogen and oxygen atoms in total. The van der Waals surface area contributed by atoms with Gasteiger partial charge in [0.15, 0.2) is 0 Å². The fourth-order valence-electron chi connectivity index (χ4n) is 3.40. The van der Waals surface area contributed by atoms with E-state index >= 15 is 0 Å². The van der Waals surface area contributed by atoms with E-state index in [9.17, 15) is 13.2 Å². The lowest BCUT2D eigenvalue weighted by molar-refractivity contribution is 0.0600. The van der Waals surface area contributed by atoms with Gasteiger partial charge in [0.25, 0.3) is 10.0 Å². The number of nitrogens with one attached hydrogen (secondary N) is 2. The molecule has 0 saturated carbocycles. The summed E-state index contributed by atoms with van der Waals surface area (Å²) in [4.78, 5) is 12.2. The Morgan fingerprint density at radius 2 is 1.96 bits per heavy atom. The van der Waals surface area contributed by atoms with Crippen molar-refractivity contribution in [1.29, 1.82) is 0 Å². The summed E-state index contributed by atoms with van der Waals surface area (Å²) in [6.07, 6.45) is 2.74. The summed E-state index contributed by atoms with van der Waals surface area (Å²) in [6.45, 7) is 6.57. The second-order valence-corrected chi connectivity index (χ2v) is 8.51. The van der Waals surface area contributed by atoms with Crippen molar-refractivity contribution in [3.8, 4) is 0 Å². The molecule has 1 fully saturated rings. The van der Waals surface area contributed by atoms with Gasteiger partial charge in [-0.25, -0.2) is 13.2 Å². The molecule has 0 spiro atoms. The predicted molar refractivity (Wildman–Crippen MR) is 109 cm³/mol. The second kappa shape index (κ2) is 8.16. The van der Waals surface area contributed by atoms with Gasteiger partial charge in [-0.15, -0.1) is 6.58 Å². The monoisotopic (exact) mass is 400 g/mol. The number of rotatable bonds is 6. The van der Waals surface area contributed by atoms with Crippen LogP contribution in [0.2, 0.25) is 0 Å². The highest BCUT2D eigenvalue weighted by molar-refractivity contribution is 7.92. The smallest absolute Gasteiger partial charge is 0.337 e. The van der Waals surface area contributed by atoms with Crippen LogP contribution in [0.4, 0.5) is 5.69 Å². The van der Waals surface area contributed by atoms with Crippen LogP contribution in [0.25, 0.3) is 0 Å². The van der Waals surface area contributed by atoms with Crippen molar-refractivity contribution in [2.24, 2.45) is 5.92 Å². The number of benzene rings is 2. The zero-order chi connectivity index (χ0) is 20.3. The normalized spacial score (nSPS) is 19.2. The molecular weight excluding hydrogens is 376 g/mol. The van der Waals surface area contributed by atoms with Gasteiger partial charge in [-0.2, -0.15) is 0 Å². The van der Waals surface area contributed by atoms with Crippen LogP contribution in [0.3, 0.4) is 0 Å². The standard InChI is InChI=1S/C21H24N2O4S/c1-4-15-11-12-22-20(15)18-13-16(21(24)27-3)7-10-19(18)23-28(25,26)17-8-5-14(2)6-9-17/h4-10,13,15,20,22-23H,1,11-12H2,2-3H3. The summed E-state index contributed by atoms with van der Waals surface area (Å²) in [7, 11) is -2.45. The molecule has 0 amide bonds. The number of esters is 1. The van der Waals surface area contributed by atoms with Crippen LogP contribution in [0.1, 0.15) is 33.9 Å². The number of anilines is 1. The van der Waals surface area contributed by atoms with Gasteiger partial charge in [0.2, 0.25) is 0 Å². The maximum absolute atomic E-state index is 12.9. The first kappa shape index (κ1) is 20.1. The van der Waals surface area contributed by atoms with E-state index in [2.05, 4.69) is 16.6 Å². The molecule has 1 aliphatic heterocycles. The molecule has 148 valence electrons. The topological polar surface area (TPSA) is 84.5 Å². The first-order chi connectivity index (χ1) is 13.4. The maximum atomic E-state index is 12.9. The number of aryl methyl sites for hydroxylation is 1. The number of sulfonamides is 1. The molecule has 2 unspecified atom stereocenters. The molecule has 2 atom stereocenters. The summed E-state index contributed by atoms with van der Waals surface area (Å²) >= 11 is 0. The van der Waals surface area contributed by atoms with Crippen molar-refractivity contribution in [3.05, 3.63) is 71.8 Å². The zero-order valence-electron chi connectivity index (χ0n) is 15.9. The molecule has 2 aromatic rings. The van der Waals surface area contributed by atoms with Gasteiger partial charge in [0, 0.05) is 6.04 Å². The fraction of sp³-hybridized carbons (Fsp3) is 0.286. The van der Waals surface area contributed by atoms with Crippen LogP contribution in [-0.4, -0.2) is 28.0 Å². The molecule has 0 bridgehead atoms. The van der Waals surface area contributed by atoms with E-state index in [0.717, 1.165) is 18.5 Å². The third-order valence-corrected chi connectivity index (χ3v) is 6.34. The van der Waals surface area contributed by atoms with Crippen LogP contribution < -0.4 is 10.0 Å². The highest BCUT2D eigenvalue weighted by Gasteiger charge is 2.29. The second-order valence-electron chi connectivity index (χ2n) is 6.83. The third kappa shape index (κ3) is 4.10. The van der Waals surface area contributed by atoms with Crippen LogP contribution in [-0.2, 0) is 14.8 Å². The average molecular weight is 401 g/mol. The van der Waals surface area contributed by atoms with E-state index in [-0.39, 0.29) is 16.9 Å². The number of carbonyl (C=O) groups excluding carboxylic acids is 1. The largest absolute Gasteiger partial charge is 0.465 e. The molecule has 1 saturated heterocycles. The SMILES string of the molecule is C=CC1CCNC1c1cc(C(=O)OC)ccc1NS(=O)(=O)c1ccc(C)cc1. The Morgan fingerprint density at radius 1 is 1.25 bits per heavy atom. The summed E-state index contributed by atoms with van der Waals surface area (Å²) in [6, 6.07) is 11.3. The highest BCUT2D eigenvalue weighted by Crippen LogP contribution is 2.36. The minimum atomic E-state index is -3.76. The first-order valence-corrected chi connectivity index (χ1v) is 10.5. The van der Waals surface area contributed by atoms with Crippen LogP contribution >= 0.6 is 0 Å². The van der Waals surface area contributed by atoms with Gasteiger partial charge in [0.05, 0.1) is 23.3 Å². The van der Waals surface area contributed by atoms with Crippen molar-refractivity contribution in [1.82, 2.24) is 5.32 Å². The number of ether oxygens (including phenoxy) is 1. The quantitative estimate of drug-likeness (QED) is 0.573. The Morgan fingerprint density at radius 3 is 2.61 bits per heavy atom. The van der Waals surface area contributed by atoms with E-state index in [0.29, 0.717) is 16.8 Å². The summed E-state index contributed by atoms with van der Waals surface area (Å²) in [5.41, 5.74) is 2.47. The fourth-order valence-corrected chi connectivity index (χ4v) is 4.48. The number of hydrogen-bond donors (Lipinski definition) is 2. The molecule has 0 aromatic heterocycles. The molecule has 0 aliphatic carbocycles. The Labute approximate surface area is 165 Å². The number of hydrogen-bond acceptors (Lipinski definition) is 5. The zero-order valence-corrected chi connectivity index (χ0v) is 16.8. The predicted octanol–water partition coefficient (Wildman–Crippen LogP) is 3.42. The van der Waals surface area contributed by atoms with E-state index in [1.165, 1.54) is 7.11 Å². The molecule has 7 heteroatoms. The van der Waals surface area contributed by atoms with Gasteiger partial charge >= 0.3 is 5.97 Å². The Kier molecular flexibility index (Phi) is 5.86. The van der Waals surface area contributed by atoms with Crippen molar-refractivity contribution in [3.63, 3.8) is 0 Å². The lowest BCUT2D eigenvalue weighted by atomic mass is 9.92. The van der Waals surface area contributed by atoms with Gasteiger partial charge in [0.1, 0.15) is 0 Å². The van der Waals surface area contributed by atoms with Crippen LogP contribution in [0.5, 0.6) is 0 Å². The van der Waals surface area contributed by atoms with Crippen LogP contribution in [0, 0.1) is 12.8 Å². The molecule has 1 heterocycles. The Bertz CT molecular complexity index is 984. The lowest BCUT2D eigenvalue weighted by Gasteiger charge is -2.22. The molecule has 2 N–H and O–H groups in total. The van der Waals surface area contributed by atoms with E-state index < -0.39 is 16.0 Å². The number of methoxy groups -OCH3 is 1. The van der Waals surface area contributed by atoms with E-state index in [4.69, 9.17) is 4.74 Å². The maximum Gasteiger partial charge on any atom is 0.337 e. The summed E-state index contributed by atoms with van der Waals surface area (Å²) < 4.78 is 33.2. The minimum Gasteiger partial charge on any atom is -0.465 e. The Balaban J connectivity index is 2.03. The van der Waals surface area contributed by atoms with Crippen molar-refractivity contribution in [2.45, 2.75) is 24.3 Å². The minimum absolute atomic E-state index is 0.135. The molecule has 28 heavy (non-hydrogen) atoms. The third-order valence-electron chi connectivity index (χ3n) is 4.96. The molecule has 1 aliphatic rings. The van der Waals surface area contributed by atoms with Gasteiger partial charge in [-0.1, -0.05) is 23.8 Å². The van der Waals surface area contributed by atoms with Crippen LogP contribution in [0.15, 0.2) is 60.0 Å².